The molecule has 1 saturated heterocycles. The largest absolute Gasteiger partial charge is 0.420 e. The second kappa shape index (κ2) is 7.11. The van der Waals surface area contributed by atoms with Crippen LogP contribution in [0.4, 0.5) is 17.6 Å². The van der Waals surface area contributed by atoms with Gasteiger partial charge in [0.2, 0.25) is 0 Å². The van der Waals surface area contributed by atoms with E-state index in [2.05, 4.69) is 15.4 Å². The molecule has 3 heterocycles. The van der Waals surface area contributed by atoms with E-state index in [1.165, 1.54) is 18.3 Å². The van der Waals surface area contributed by atoms with Crippen LogP contribution in [0.15, 0.2) is 36.5 Å². The molecular formula is C19H17F4N5O. The van der Waals surface area contributed by atoms with Gasteiger partial charge >= 0.3 is 6.18 Å². The number of carbonyl (C=O) groups excluding carboxylic acids is 1. The molecule has 6 nitrogen and oxygen atoms in total. The number of hydrogen-bond donors (Lipinski definition) is 1. The molecule has 0 aliphatic carbocycles. The fourth-order valence-corrected chi connectivity index (χ4v) is 3.33. The second-order valence-electron chi connectivity index (χ2n) is 6.95. The number of carbonyl (C=O) groups is 1. The Bertz CT molecular complexity index is 1060. The van der Waals surface area contributed by atoms with Crippen LogP contribution in [0, 0.1) is 5.82 Å². The summed E-state index contributed by atoms with van der Waals surface area (Å²) >= 11 is 0. The van der Waals surface area contributed by atoms with E-state index in [1.807, 2.05) is 6.92 Å². The molecule has 0 bridgehead atoms. The predicted octanol–water partition coefficient (Wildman–Crippen LogP) is 2.99. The molecule has 3 aromatic rings. The van der Waals surface area contributed by atoms with Crippen molar-refractivity contribution < 1.29 is 22.4 Å². The highest BCUT2D eigenvalue weighted by Crippen LogP contribution is 2.34. The SMILES string of the molecule is C[C@H]1CN(C(=O)c2cn3nc(-c4ccc(F)cc4)cc(C(F)(F)F)c3n2)CCN1. The number of halogens is 4. The number of hydrogen-bond acceptors (Lipinski definition) is 4. The maximum Gasteiger partial charge on any atom is 0.420 e. The van der Waals surface area contributed by atoms with Gasteiger partial charge in [0, 0.05) is 31.2 Å². The average molecular weight is 407 g/mol. The van der Waals surface area contributed by atoms with Crippen LogP contribution in [0.2, 0.25) is 0 Å². The Morgan fingerprint density at radius 1 is 1.24 bits per heavy atom. The van der Waals surface area contributed by atoms with Crippen LogP contribution in [0.3, 0.4) is 0 Å². The summed E-state index contributed by atoms with van der Waals surface area (Å²) in [6, 6.07) is 5.91. The Hall–Kier alpha value is -3.01. The van der Waals surface area contributed by atoms with Crippen molar-refractivity contribution in [2.24, 2.45) is 0 Å². The van der Waals surface area contributed by atoms with Crippen LogP contribution in [0.25, 0.3) is 16.9 Å². The van der Waals surface area contributed by atoms with Crippen LogP contribution < -0.4 is 5.32 Å². The van der Waals surface area contributed by atoms with Crippen molar-refractivity contribution in [1.29, 1.82) is 0 Å². The first kappa shape index (κ1) is 19.3. The monoisotopic (exact) mass is 407 g/mol. The number of amides is 1. The minimum Gasteiger partial charge on any atom is -0.334 e. The summed E-state index contributed by atoms with van der Waals surface area (Å²) < 4.78 is 55.1. The lowest BCUT2D eigenvalue weighted by atomic mass is 10.1. The number of nitrogens with zero attached hydrogens (tertiary/aromatic N) is 4. The van der Waals surface area contributed by atoms with Crippen molar-refractivity contribution >= 4 is 11.6 Å². The third-order valence-electron chi connectivity index (χ3n) is 4.75. The Labute approximate surface area is 163 Å². The molecule has 1 aliphatic heterocycles. The van der Waals surface area contributed by atoms with Gasteiger partial charge in [-0.1, -0.05) is 0 Å². The normalized spacial score (nSPS) is 17.7. The van der Waals surface area contributed by atoms with Crippen molar-refractivity contribution in [3.05, 3.63) is 53.6 Å². The first-order valence-electron chi connectivity index (χ1n) is 8.98. The highest BCUT2D eigenvalue weighted by Gasteiger charge is 2.36. The summed E-state index contributed by atoms with van der Waals surface area (Å²) in [6.07, 6.45) is -3.50. The highest BCUT2D eigenvalue weighted by molar-refractivity contribution is 5.93. The highest BCUT2D eigenvalue weighted by atomic mass is 19.4. The molecule has 1 aliphatic rings. The Balaban J connectivity index is 1.80. The summed E-state index contributed by atoms with van der Waals surface area (Å²) in [5.74, 6) is -0.952. The number of fused-ring (bicyclic) bond motifs is 1. The van der Waals surface area contributed by atoms with Gasteiger partial charge in [0.1, 0.15) is 17.1 Å². The number of rotatable bonds is 2. The quantitative estimate of drug-likeness (QED) is 0.664. The van der Waals surface area contributed by atoms with E-state index >= 15 is 0 Å². The van der Waals surface area contributed by atoms with Gasteiger partial charge in [-0.2, -0.15) is 18.3 Å². The molecule has 10 heteroatoms. The van der Waals surface area contributed by atoms with Gasteiger partial charge in [-0.15, -0.1) is 0 Å². The number of aromatic nitrogens is 3. The van der Waals surface area contributed by atoms with E-state index in [-0.39, 0.29) is 17.4 Å². The number of nitrogens with one attached hydrogen (secondary N) is 1. The lowest BCUT2D eigenvalue weighted by Gasteiger charge is -2.31. The molecule has 0 saturated carbocycles. The van der Waals surface area contributed by atoms with E-state index in [0.717, 1.165) is 22.7 Å². The van der Waals surface area contributed by atoms with E-state index in [1.54, 1.807) is 4.90 Å². The summed E-state index contributed by atoms with van der Waals surface area (Å²) in [6.45, 7) is 3.40. The molecule has 2 aromatic heterocycles. The lowest BCUT2D eigenvalue weighted by Crippen LogP contribution is -2.51. The smallest absolute Gasteiger partial charge is 0.334 e. The summed E-state index contributed by atoms with van der Waals surface area (Å²) in [5, 5.41) is 7.36. The molecule has 1 N–H and O–H groups in total. The van der Waals surface area contributed by atoms with Gasteiger partial charge in [-0.05, 0) is 37.3 Å². The lowest BCUT2D eigenvalue weighted by molar-refractivity contribution is -0.136. The zero-order valence-corrected chi connectivity index (χ0v) is 15.4. The summed E-state index contributed by atoms with van der Waals surface area (Å²) in [7, 11) is 0. The van der Waals surface area contributed by atoms with Crippen molar-refractivity contribution in [2.45, 2.75) is 19.1 Å². The van der Waals surface area contributed by atoms with E-state index in [0.29, 0.717) is 25.2 Å². The van der Waals surface area contributed by atoms with Crippen LogP contribution in [0.5, 0.6) is 0 Å². The zero-order chi connectivity index (χ0) is 20.8. The minimum absolute atomic E-state index is 0.00276. The molecule has 1 amide bonds. The van der Waals surface area contributed by atoms with Crippen LogP contribution in [0.1, 0.15) is 23.0 Å². The van der Waals surface area contributed by atoms with Crippen molar-refractivity contribution in [3.63, 3.8) is 0 Å². The second-order valence-corrected chi connectivity index (χ2v) is 6.95. The fourth-order valence-electron chi connectivity index (χ4n) is 3.33. The molecule has 0 radical (unpaired) electrons. The number of benzene rings is 1. The molecule has 0 spiro atoms. The summed E-state index contributed by atoms with van der Waals surface area (Å²) in [5.41, 5.74) is -1.25. The van der Waals surface area contributed by atoms with Crippen LogP contribution in [-0.2, 0) is 6.18 Å². The van der Waals surface area contributed by atoms with E-state index < -0.39 is 29.1 Å². The van der Waals surface area contributed by atoms with Crippen molar-refractivity contribution in [3.8, 4) is 11.3 Å². The molecule has 1 atom stereocenters. The molecule has 1 fully saturated rings. The number of piperazine rings is 1. The van der Waals surface area contributed by atoms with Gasteiger partial charge in [0.25, 0.3) is 5.91 Å². The first-order valence-corrected chi connectivity index (χ1v) is 8.98. The zero-order valence-electron chi connectivity index (χ0n) is 15.4. The van der Waals surface area contributed by atoms with Gasteiger partial charge < -0.3 is 10.2 Å². The van der Waals surface area contributed by atoms with E-state index in [9.17, 15) is 22.4 Å². The Morgan fingerprint density at radius 3 is 2.62 bits per heavy atom. The Morgan fingerprint density at radius 2 is 1.97 bits per heavy atom. The molecular weight excluding hydrogens is 390 g/mol. The topological polar surface area (TPSA) is 62.5 Å². The summed E-state index contributed by atoms with van der Waals surface area (Å²) in [4.78, 5) is 18.2. The van der Waals surface area contributed by atoms with Crippen molar-refractivity contribution in [1.82, 2.24) is 24.8 Å². The maximum atomic E-state index is 13.6. The minimum atomic E-state index is -4.70. The Kier molecular flexibility index (Phi) is 4.73. The van der Waals surface area contributed by atoms with Gasteiger partial charge in [0.15, 0.2) is 5.65 Å². The molecule has 29 heavy (non-hydrogen) atoms. The van der Waals surface area contributed by atoms with Gasteiger partial charge in [-0.25, -0.2) is 13.9 Å². The van der Waals surface area contributed by atoms with Crippen molar-refractivity contribution in [2.75, 3.05) is 19.6 Å². The molecule has 4 rings (SSSR count). The van der Waals surface area contributed by atoms with Crippen LogP contribution in [-0.4, -0.2) is 51.1 Å². The van der Waals surface area contributed by atoms with E-state index in [4.69, 9.17) is 0 Å². The number of alkyl halides is 3. The maximum absolute atomic E-state index is 13.6. The van der Waals surface area contributed by atoms with Gasteiger partial charge in [0.05, 0.1) is 11.9 Å². The predicted molar refractivity (Wildman–Crippen MR) is 96.8 cm³/mol. The van der Waals surface area contributed by atoms with Crippen LogP contribution >= 0.6 is 0 Å². The molecule has 1 aromatic carbocycles. The third-order valence-corrected chi connectivity index (χ3v) is 4.75. The first-order chi connectivity index (χ1) is 13.7. The molecule has 152 valence electrons. The fraction of sp³-hybridized carbons (Fsp3) is 0.316. The number of imidazole rings is 1. The van der Waals surface area contributed by atoms with Gasteiger partial charge in [-0.3, -0.25) is 4.79 Å². The standard InChI is InChI=1S/C19H17F4N5O/c1-11-9-27(7-6-24-11)18(29)16-10-28-17(25-16)14(19(21,22)23)8-15(26-28)12-2-4-13(20)5-3-12/h2-5,8,10-11,24H,6-7,9H2,1H3/t11-/m0/s1. The average Bonchev–Trinajstić information content (AvgIpc) is 3.10. The molecule has 0 unspecified atom stereocenters. The third kappa shape index (κ3) is 3.80.